The zero-order valence-electron chi connectivity index (χ0n) is 13.4. The van der Waals surface area contributed by atoms with Gasteiger partial charge in [-0.2, -0.15) is 0 Å². The Bertz CT molecular complexity index is 973. The van der Waals surface area contributed by atoms with Gasteiger partial charge in [-0.05, 0) is 54.5 Å². The van der Waals surface area contributed by atoms with Crippen molar-refractivity contribution in [1.29, 1.82) is 0 Å². The second-order valence-corrected chi connectivity index (χ2v) is 6.13. The molecule has 1 N–H and O–H groups in total. The molecule has 3 aromatic rings. The average Bonchev–Trinajstić information content (AvgIpc) is 3.05. The van der Waals surface area contributed by atoms with Crippen LogP contribution >= 0.6 is 0 Å². The predicted octanol–water partition coefficient (Wildman–Crippen LogP) is 4.38. The summed E-state index contributed by atoms with van der Waals surface area (Å²) >= 11 is 0. The highest BCUT2D eigenvalue weighted by molar-refractivity contribution is 5.96. The third-order valence-electron chi connectivity index (χ3n) is 4.58. The number of amides is 1. The smallest absolute Gasteiger partial charge is 0.254 e. The van der Waals surface area contributed by atoms with Crippen molar-refractivity contribution in [2.45, 2.75) is 6.42 Å². The Morgan fingerprint density at radius 2 is 1.80 bits per heavy atom. The van der Waals surface area contributed by atoms with Gasteiger partial charge in [0.2, 0.25) is 0 Å². The lowest BCUT2D eigenvalue weighted by molar-refractivity contribution is 0.0773. The van der Waals surface area contributed by atoms with Crippen molar-refractivity contribution in [2.24, 2.45) is 0 Å². The summed E-state index contributed by atoms with van der Waals surface area (Å²) in [4.78, 5) is 17.4. The average molecular weight is 338 g/mol. The van der Waals surface area contributed by atoms with Gasteiger partial charge < -0.3 is 9.88 Å². The highest BCUT2D eigenvalue weighted by Crippen LogP contribution is 2.30. The van der Waals surface area contributed by atoms with Crippen molar-refractivity contribution in [1.82, 2.24) is 9.88 Å². The van der Waals surface area contributed by atoms with Gasteiger partial charge in [0.15, 0.2) is 0 Å². The second-order valence-electron chi connectivity index (χ2n) is 6.13. The molecule has 126 valence electrons. The van der Waals surface area contributed by atoms with Crippen LogP contribution in [0.2, 0.25) is 0 Å². The molecule has 2 heterocycles. The number of rotatable bonds is 2. The van der Waals surface area contributed by atoms with Crippen LogP contribution < -0.4 is 0 Å². The molecule has 1 aliphatic heterocycles. The van der Waals surface area contributed by atoms with Crippen LogP contribution in [0.5, 0.6) is 0 Å². The summed E-state index contributed by atoms with van der Waals surface area (Å²) in [6.07, 6.45) is 4.57. The zero-order valence-corrected chi connectivity index (χ0v) is 13.4. The van der Waals surface area contributed by atoms with E-state index in [0.717, 1.165) is 22.0 Å². The molecule has 1 aliphatic rings. The fourth-order valence-corrected chi connectivity index (χ4v) is 3.23. The fraction of sp³-hybridized carbons (Fsp3) is 0.150. The van der Waals surface area contributed by atoms with Crippen LogP contribution in [0.4, 0.5) is 8.78 Å². The van der Waals surface area contributed by atoms with Crippen molar-refractivity contribution < 1.29 is 13.6 Å². The van der Waals surface area contributed by atoms with Crippen molar-refractivity contribution in [3.63, 3.8) is 0 Å². The molecule has 0 fully saturated rings. The third-order valence-corrected chi connectivity index (χ3v) is 4.58. The lowest BCUT2D eigenvalue weighted by Gasteiger charge is -2.26. The van der Waals surface area contributed by atoms with E-state index < -0.39 is 0 Å². The molecular formula is C20H16F2N2O. The number of carbonyl (C=O) groups is 1. The maximum Gasteiger partial charge on any atom is 0.254 e. The number of fused-ring (bicyclic) bond motifs is 1. The first kappa shape index (κ1) is 15.6. The van der Waals surface area contributed by atoms with Crippen LogP contribution in [0.15, 0.2) is 54.7 Å². The molecule has 3 nitrogen and oxygen atoms in total. The van der Waals surface area contributed by atoms with E-state index in [1.54, 1.807) is 11.0 Å². The Balaban J connectivity index is 1.56. The lowest BCUT2D eigenvalue weighted by atomic mass is 9.98. The number of nitrogens with zero attached hydrogens (tertiary/aromatic N) is 1. The van der Waals surface area contributed by atoms with E-state index >= 15 is 0 Å². The molecule has 0 aliphatic carbocycles. The number of hydrogen-bond acceptors (Lipinski definition) is 1. The maximum atomic E-state index is 13.5. The summed E-state index contributed by atoms with van der Waals surface area (Å²) in [5, 5.41) is 0.851. The van der Waals surface area contributed by atoms with Gasteiger partial charge in [0.05, 0.1) is 0 Å². The SMILES string of the molecule is O=C(c1ccc(F)cc1)N1CC=C(c2c[nH]c3ccc(F)cc23)CC1. The summed E-state index contributed by atoms with van der Waals surface area (Å²) in [6, 6.07) is 10.3. The molecule has 0 saturated carbocycles. The molecule has 1 amide bonds. The number of hydrogen-bond donors (Lipinski definition) is 1. The molecule has 0 saturated heterocycles. The van der Waals surface area contributed by atoms with E-state index in [1.807, 2.05) is 12.3 Å². The first-order valence-electron chi connectivity index (χ1n) is 8.13. The molecule has 5 heteroatoms. The van der Waals surface area contributed by atoms with Crippen LogP contribution in [0, 0.1) is 11.6 Å². The van der Waals surface area contributed by atoms with Crippen LogP contribution in [0.25, 0.3) is 16.5 Å². The summed E-state index contributed by atoms with van der Waals surface area (Å²) in [7, 11) is 0. The Morgan fingerprint density at radius 3 is 2.52 bits per heavy atom. The summed E-state index contributed by atoms with van der Waals surface area (Å²) in [6.45, 7) is 1.05. The minimum absolute atomic E-state index is 0.111. The minimum atomic E-state index is -0.357. The highest BCUT2D eigenvalue weighted by atomic mass is 19.1. The van der Waals surface area contributed by atoms with Crippen molar-refractivity contribution in [3.8, 4) is 0 Å². The Labute approximate surface area is 143 Å². The van der Waals surface area contributed by atoms with Gasteiger partial charge in [0.1, 0.15) is 11.6 Å². The maximum absolute atomic E-state index is 13.5. The van der Waals surface area contributed by atoms with E-state index in [4.69, 9.17) is 0 Å². The van der Waals surface area contributed by atoms with Gasteiger partial charge in [-0.1, -0.05) is 6.08 Å². The quantitative estimate of drug-likeness (QED) is 0.740. The Hall–Kier alpha value is -2.95. The molecule has 25 heavy (non-hydrogen) atoms. The van der Waals surface area contributed by atoms with Crippen LogP contribution in [0.1, 0.15) is 22.3 Å². The molecule has 4 rings (SSSR count). The third kappa shape index (κ3) is 2.93. The number of aromatic amines is 1. The lowest BCUT2D eigenvalue weighted by Crippen LogP contribution is -2.34. The van der Waals surface area contributed by atoms with E-state index in [2.05, 4.69) is 4.98 Å². The van der Waals surface area contributed by atoms with Crippen LogP contribution in [-0.2, 0) is 0 Å². The molecule has 0 unspecified atom stereocenters. The molecule has 0 atom stereocenters. The number of carbonyl (C=O) groups excluding carboxylic acids is 1. The minimum Gasteiger partial charge on any atom is -0.361 e. The van der Waals surface area contributed by atoms with Crippen molar-refractivity contribution in [3.05, 3.63) is 77.5 Å². The zero-order chi connectivity index (χ0) is 17.4. The number of H-pyrrole nitrogens is 1. The number of benzene rings is 2. The van der Waals surface area contributed by atoms with Gasteiger partial charge in [0.25, 0.3) is 5.91 Å². The second kappa shape index (κ2) is 6.16. The van der Waals surface area contributed by atoms with Gasteiger partial charge in [0, 0.05) is 41.3 Å². The highest BCUT2D eigenvalue weighted by Gasteiger charge is 2.20. The molecule has 0 spiro atoms. The van der Waals surface area contributed by atoms with Gasteiger partial charge >= 0.3 is 0 Å². The van der Waals surface area contributed by atoms with Crippen LogP contribution in [-0.4, -0.2) is 28.9 Å². The van der Waals surface area contributed by atoms with Crippen LogP contribution in [0.3, 0.4) is 0 Å². The van der Waals surface area contributed by atoms with Gasteiger partial charge in [-0.25, -0.2) is 8.78 Å². The van der Waals surface area contributed by atoms with E-state index in [-0.39, 0.29) is 17.5 Å². The molecular weight excluding hydrogens is 322 g/mol. The van der Waals surface area contributed by atoms with Crippen molar-refractivity contribution in [2.75, 3.05) is 13.1 Å². The van der Waals surface area contributed by atoms with Gasteiger partial charge in [-0.15, -0.1) is 0 Å². The summed E-state index contributed by atoms with van der Waals surface area (Å²) < 4.78 is 26.5. The largest absolute Gasteiger partial charge is 0.361 e. The van der Waals surface area contributed by atoms with Gasteiger partial charge in [-0.3, -0.25) is 4.79 Å². The predicted molar refractivity (Wildman–Crippen MR) is 93.2 cm³/mol. The number of halogens is 2. The normalized spacial score (nSPS) is 14.6. The first-order valence-corrected chi connectivity index (χ1v) is 8.13. The molecule has 2 aromatic carbocycles. The summed E-state index contributed by atoms with van der Waals surface area (Å²) in [5.74, 6) is -0.734. The van der Waals surface area contributed by atoms with E-state index in [1.165, 1.54) is 36.4 Å². The molecule has 0 bridgehead atoms. The fourth-order valence-electron chi connectivity index (χ4n) is 3.23. The number of aromatic nitrogens is 1. The standard InChI is InChI=1S/C20H16F2N2O/c21-15-3-1-14(2-4-15)20(25)24-9-7-13(8-10-24)18-12-23-19-6-5-16(22)11-17(18)19/h1-7,11-12,23H,8-10H2. The Kier molecular flexibility index (Phi) is 3.84. The van der Waals surface area contributed by atoms with Crippen molar-refractivity contribution >= 4 is 22.4 Å². The summed E-state index contributed by atoms with van der Waals surface area (Å²) in [5.41, 5.74) is 3.44. The van der Waals surface area contributed by atoms with E-state index in [0.29, 0.717) is 25.1 Å². The number of nitrogens with one attached hydrogen (secondary N) is 1. The van der Waals surface area contributed by atoms with E-state index in [9.17, 15) is 13.6 Å². The topological polar surface area (TPSA) is 36.1 Å². The first-order chi connectivity index (χ1) is 12.1. The molecule has 0 radical (unpaired) electrons. The molecule has 1 aromatic heterocycles. The monoisotopic (exact) mass is 338 g/mol. The Morgan fingerprint density at radius 1 is 1.04 bits per heavy atom.